The molecule has 0 heterocycles. The summed E-state index contributed by atoms with van der Waals surface area (Å²) in [5, 5.41) is 0. The molecule has 0 rings (SSSR count). The molecule has 0 aromatic carbocycles. The molecule has 0 spiro atoms. The zero-order chi connectivity index (χ0) is 8.69. The number of hydrogen-bond donors (Lipinski definition) is 0. The molecular weight excluding hydrogens is 136 g/mol. The summed E-state index contributed by atoms with van der Waals surface area (Å²) in [6, 6.07) is 0. The van der Waals surface area contributed by atoms with Crippen LogP contribution in [-0.4, -0.2) is 12.7 Å². The number of hydrogen-bond acceptors (Lipinski definition) is 1. The molecule has 0 aliphatic heterocycles. The maximum Gasteiger partial charge on any atom is 0.0727 e. The van der Waals surface area contributed by atoms with Gasteiger partial charge in [0, 0.05) is 0 Å². The molecule has 0 aliphatic carbocycles. The molecule has 2 atom stereocenters. The van der Waals surface area contributed by atoms with E-state index in [0.717, 1.165) is 6.61 Å². The molecule has 0 aliphatic rings. The maximum atomic E-state index is 5.48. The van der Waals surface area contributed by atoms with Crippen LogP contribution in [0.1, 0.15) is 20.8 Å². The first-order valence-electron chi connectivity index (χ1n) is 4.07. The highest BCUT2D eigenvalue weighted by Crippen LogP contribution is 2.00. The average Bonchev–Trinajstić information content (AvgIpc) is 2.01. The van der Waals surface area contributed by atoms with Gasteiger partial charge in [0.1, 0.15) is 0 Å². The van der Waals surface area contributed by atoms with Crippen molar-refractivity contribution in [1.82, 2.24) is 0 Å². The monoisotopic (exact) mass is 154 g/mol. The summed E-state index contributed by atoms with van der Waals surface area (Å²) in [5.41, 5.74) is 0. The molecule has 0 fully saturated rings. The van der Waals surface area contributed by atoms with Gasteiger partial charge < -0.3 is 4.74 Å². The molecule has 2 unspecified atom stereocenters. The molecule has 0 aromatic rings. The van der Waals surface area contributed by atoms with Crippen LogP contribution in [0.25, 0.3) is 0 Å². The molecule has 0 radical (unpaired) electrons. The summed E-state index contributed by atoms with van der Waals surface area (Å²) in [6.07, 6.45) is 6.17. The Hall–Kier alpha value is -0.560. The zero-order valence-corrected chi connectivity index (χ0v) is 7.71. The molecule has 0 aromatic heterocycles. The highest BCUT2D eigenvalue weighted by atomic mass is 16.5. The third-order valence-corrected chi connectivity index (χ3v) is 1.49. The van der Waals surface area contributed by atoms with Gasteiger partial charge in [0.2, 0.25) is 0 Å². The summed E-state index contributed by atoms with van der Waals surface area (Å²) in [4.78, 5) is 0. The SMILES string of the molecule is C=CC(C)COC(C)C=CC. The summed E-state index contributed by atoms with van der Waals surface area (Å²) in [7, 11) is 0. The summed E-state index contributed by atoms with van der Waals surface area (Å²) >= 11 is 0. The quantitative estimate of drug-likeness (QED) is 0.553. The highest BCUT2D eigenvalue weighted by molar-refractivity contribution is 4.84. The third-order valence-electron chi connectivity index (χ3n) is 1.49. The Morgan fingerprint density at radius 1 is 1.45 bits per heavy atom. The Morgan fingerprint density at radius 2 is 2.09 bits per heavy atom. The van der Waals surface area contributed by atoms with Crippen LogP contribution < -0.4 is 0 Å². The molecule has 0 saturated heterocycles. The van der Waals surface area contributed by atoms with Crippen LogP contribution in [0.15, 0.2) is 24.8 Å². The smallest absolute Gasteiger partial charge is 0.0727 e. The molecule has 0 saturated carbocycles. The zero-order valence-electron chi connectivity index (χ0n) is 7.71. The molecule has 0 bridgehead atoms. The van der Waals surface area contributed by atoms with Crippen molar-refractivity contribution in [2.45, 2.75) is 26.9 Å². The molecule has 1 heteroatoms. The van der Waals surface area contributed by atoms with Crippen LogP contribution in [-0.2, 0) is 4.74 Å². The van der Waals surface area contributed by atoms with Crippen LogP contribution in [0.3, 0.4) is 0 Å². The normalized spacial score (nSPS) is 16.6. The number of allylic oxidation sites excluding steroid dienone is 1. The van der Waals surface area contributed by atoms with E-state index < -0.39 is 0 Å². The maximum absolute atomic E-state index is 5.48. The largest absolute Gasteiger partial charge is 0.374 e. The number of ether oxygens (including phenoxy) is 1. The van der Waals surface area contributed by atoms with E-state index in [9.17, 15) is 0 Å². The first kappa shape index (κ1) is 10.4. The van der Waals surface area contributed by atoms with Gasteiger partial charge in [0.15, 0.2) is 0 Å². The fourth-order valence-electron chi connectivity index (χ4n) is 0.698. The van der Waals surface area contributed by atoms with E-state index in [1.807, 2.05) is 32.1 Å². The van der Waals surface area contributed by atoms with Gasteiger partial charge in [-0.2, -0.15) is 0 Å². The van der Waals surface area contributed by atoms with E-state index in [0.29, 0.717) is 5.92 Å². The van der Waals surface area contributed by atoms with Crippen molar-refractivity contribution in [2.24, 2.45) is 5.92 Å². The Kier molecular flexibility index (Phi) is 5.86. The molecular formula is C10H18O. The van der Waals surface area contributed by atoms with E-state index in [-0.39, 0.29) is 6.10 Å². The number of rotatable bonds is 5. The Morgan fingerprint density at radius 3 is 2.55 bits per heavy atom. The van der Waals surface area contributed by atoms with Crippen LogP contribution in [0.2, 0.25) is 0 Å². The molecule has 11 heavy (non-hydrogen) atoms. The second kappa shape index (κ2) is 6.17. The Balaban J connectivity index is 3.44. The van der Waals surface area contributed by atoms with Crippen molar-refractivity contribution < 1.29 is 4.74 Å². The van der Waals surface area contributed by atoms with Crippen LogP contribution >= 0.6 is 0 Å². The predicted molar refractivity (Wildman–Crippen MR) is 49.6 cm³/mol. The lowest BCUT2D eigenvalue weighted by Gasteiger charge is -2.10. The van der Waals surface area contributed by atoms with Crippen molar-refractivity contribution in [1.29, 1.82) is 0 Å². The van der Waals surface area contributed by atoms with Gasteiger partial charge in [-0.05, 0) is 19.8 Å². The van der Waals surface area contributed by atoms with E-state index in [4.69, 9.17) is 4.74 Å². The van der Waals surface area contributed by atoms with Crippen molar-refractivity contribution in [3.63, 3.8) is 0 Å². The van der Waals surface area contributed by atoms with Gasteiger partial charge in [-0.15, -0.1) is 6.58 Å². The topological polar surface area (TPSA) is 9.23 Å². The second-order valence-corrected chi connectivity index (χ2v) is 2.78. The molecule has 0 amide bonds. The van der Waals surface area contributed by atoms with Gasteiger partial charge in [0.05, 0.1) is 12.7 Å². The van der Waals surface area contributed by atoms with Crippen LogP contribution in [0.4, 0.5) is 0 Å². The minimum absolute atomic E-state index is 0.224. The van der Waals surface area contributed by atoms with Crippen molar-refractivity contribution >= 4 is 0 Å². The van der Waals surface area contributed by atoms with E-state index in [1.54, 1.807) is 0 Å². The first-order valence-corrected chi connectivity index (χ1v) is 4.07. The van der Waals surface area contributed by atoms with Crippen LogP contribution in [0, 0.1) is 5.92 Å². The standard InChI is InChI=1S/C10H18O/c1-5-7-10(4)11-8-9(3)6-2/h5-7,9-10H,2,8H2,1,3-4H3. The van der Waals surface area contributed by atoms with Gasteiger partial charge in [-0.1, -0.05) is 25.2 Å². The van der Waals surface area contributed by atoms with Gasteiger partial charge >= 0.3 is 0 Å². The minimum Gasteiger partial charge on any atom is -0.374 e. The summed E-state index contributed by atoms with van der Waals surface area (Å²) < 4.78 is 5.48. The van der Waals surface area contributed by atoms with E-state index in [1.165, 1.54) is 0 Å². The minimum atomic E-state index is 0.224. The van der Waals surface area contributed by atoms with E-state index in [2.05, 4.69) is 13.5 Å². The summed E-state index contributed by atoms with van der Waals surface area (Å²) in [5.74, 6) is 0.447. The van der Waals surface area contributed by atoms with Crippen molar-refractivity contribution in [3.05, 3.63) is 24.8 Å². The van der Waals surface area contributed by atoms with E-state index >= 15 is 0 Å². The molecule has 0 N–H and O–H groups in total. The highest BCUT2D eigenvalue weighted by Gasteiger charge is 1.99. The second-order valence-electron chi connectivity index (χ2n) is 2.78. The van der Waals surface area contributed by atoms with Gasteiger partial charge in [-0.3, -0.25) is 0 Å². The van der Waals surface area contributed by atoms with Crippen LogP contribution in [0.5, 0.6) is 0 Å². The molecule has 1 nitrogen and oxygen atoms in total. The predicted octanol–water partition coefficient (Wildman–Crippen LogP) is 2.79. The molecule has 64 valence electrons. The Bertz CT molecular complexity index is 127. The fourth-order valence-corrected chi connectivity index (χ4v) is 0.698. The summed E-state index contributed by atoms with van der Waals surface area (Å²) in [6.45, 7) is 10.6. The fraction of sp³-hybridized carbons (Fsp3) is 0.600. The van der Waals surface area contributed by atoms with Crippen molar-refractivity contribution in [2.75, 3.05) is 6.61 Å². The first-order chi connectivity index (χ1) is 5.20. The van der Waals surface area contributed by atoms with Gasteiger partial charge in [-0.25, -0.2) is 0 Å². The third kappa shape index (κ3) is 5.86. The van der Waals surface area contributed by atoms with Gasteiger partial charge in [0.25, 0.3) is 0 Å². The lowest BCUT2D eigenvalue weighted by molar-refractivity contribution is 0.0822. The lowest BCUT2D eigenvalue weighted by Crippen LogP contribution is -2.10. The lowest BCUT2D eigenvalue weighted by atomic mass is 10.2. The Labute approximate surface area is 69.8 Å². The van der Waals surface area contributed by atoms with Crippen molar-refractivity contribution in [3.8, 4) is 0 Å². The average molecular weight is 154 g/mol.